The van der Waals surface area contributed by atoms with Crippen LogP contribution in [0.4, 0.5) is 0 Å². The first-order valence-corrected chi connectivity index (χ1v) is 3.36. The monoisotopic (exact) mass is 141 g/mol. The largest absolute Gasteiger partial charge is 0.444 e. The molecule has 1 atom stereocenters. The summed E-state index contributed by atoms with van der Waals surface area (Å²) >= 11 is 0. The molecule has 0 radical (unpaired) electrons. The van der Waals surface area contributed by atoms with Crippen LogP contribution in [0.2, 0.25) is 0 Å². The minimum atomic E-state index is -0.115. The van der Waals surface area contributed by atoms with Crippen LogP contribution in [0.3, 0.4) is 0 Å². The van der Waals surface area contributed by atoms with Crippen molar-refractivity contribution in [3.63, 3.8) is 0 Å². The van der Waals surface area contributed by atoms with Crippen LogP contribution in [0.5, 0.6) is 0 Å². The first-order valence-electron chi connectivity index (χ1n) is 3.36. The molecule has 0 aromatic rings. The minimum absolute atomic E-state index is 0.115. The van der Waals surface area contributed by atoms with Gasteiger partial charge in [-0.15, -0.1) is 0 Å². The molecule has 0 fully saturated rings. The second-order valence-corrected chi connectivity index (χ2v) is 2.24. The topological polar surface area (TPSA) is 29.5 Å². The van der Waals surface area contributed by atoms with Crippen LogP contribution < -0.4 is 0 Å². The van der Waals surface area contributed by atoms with Crippen molar-refractivity contribution in [3.05, 3.63) is 12.3 Å². The van der Waals surface area contributed by atoms with Gasteiger partial charge in [0.05, 0.1) is 0 Å². The van der Waals surface area contributed by atoms with Gasteiger partial charge in [0.25, 0.3) is 6.47 Å². The third-order valence-corrected chi connectivity index (χ3v) is 1.57. The van der Waals surface area contributed by atoms with Crippen molar-refractivity contribution in [2.24, 2.45) is 0 Å². The summed E-state index contributed by atoms with van der Waals surface area (Å²) in [5.41, 5.74) is 0. The van der Waals surface area contributed by atoms with Gasteiger partial charge in [-0.2, -0.15) is 0 Å². The van der Waals surface area contributed by atoms with E-state index in [1.54, 1.807) is 0 Å². The molecule has 0 aliphatic carbocycles. The fourth-order valence-corrected chi connectivity index (χ4v) is 0.970. The number of carbonyl (C=O) groups is 1. The highest BCUT2D eigenvalue weighted by atomic mass is 16.5. The summed E-state index contributed by atoms with van der Waals surface area (Å²) in [6.45, 7) is 3.29. The summed E-state index contributed by atoms with van der Waals surface area (Å²) in [5.74, 6) is 0. The first kappa shape index (κ1) is 7.12. The van der Waals surface area contributed by atoms with Gasteiger partial charge in [0.1, 0.15) is 0 Å². The molecule has 1 rings (SSSR count). The molecule has 0 saturated heterocycles. The summed E-state index contributed by atoms with van der Waals surface area (Å²) in [6.07, 6.45) is 4.95. The summed E-state index contributed by atoms with van der Waals surface area (Å²) in [6, 6.07) is 0. The van der Waals surface area contributed by atoms with Crippen LogP contribution in [-0.4, -0.2) is 24.1 Å². The Kier molecular flexibility index (Phi) is 2.31. The van der Waals surface area contributed by atoms with Crippen molar-refractivity contribution in [3.8, 4) is 0 Å². The van der Waals surface area contributed by atoms with Crippen LogP contribution in [0.25, 0.3) is 0 Å². The van der Waals surface area contributed by atoms with Crippen LogP contribution >= 0.6 is 0 Å². The molecule has 0 aromatic heterocycles. The molecule has 0 amide bonds. The van der Waals surface area contributed by atoms with E-state index in [9.17, 15) is 4.79 Å². The van der Waals surface area contributed by atoms with Crippen LogP contribution in [0.1, 0.15) is 13.3 Å². The zero-order chi connectivity index (χ0) is 7.40. The van der Waals surface area contributed by atoms with E-state index < -0.39 is 0 Å². The van der Waals surface area contributed by atoms with E-state index in [-0.39, 0.29) is 6.23 Å². The van der Waals surface area contributed by atoms with E-state index >= 15 is 0 Å². The molecule has 56 valence electrons. The average molecular weight is 141 g/mol. The molecular weight excluding hydrogens is 130 g/mol. The Morgan fingerprint density at radius 1 is 1.80 bits per heavy atom. The molecule has 1 heterocycles. The molecule has 3 heteroatoms. The van der Waals surface area contributed by atoms with Crippen LogP contribution in [0.15, 0.2) is 12.3 Å². The minimum Gasteiger partial charge on any atom is -0.444 e. The van der Waals surface area contributed by atoms with E-state index in [1.807, 2.05) is 18.0 Å². The highest BCUT2D eigenvalue weighted by Gasteiger charge is 2.11. The number of hydrogen-bond acceptors (Lipinski definition) is 3. The molecule has 10 heavy (non-hydrogen) atoms. The van der Waals surface area contributed by atoms with Crippen LogP contribution in [0, 0.1) is 0 Å². The number of nitrogens with zero attached hydrogens (tertiary/aromatic N) is 1. The van der Waals surface area contributed by atoms with Gasteiger partial charge in [-0.1, -0.05) is 6.08 Å². The standard InChI is InChI=1S/C7H11NO2/c1-7(10-6-9)8-4-2-3-5-8/h2,4,6-7H,3,5H2,1H3. The fourth-order valence-electron chi connectivity index (χ4n) is 0.970. The molecule has 0 spiro atoms. The van der Waals surface area contributed by atoms with E-state index in [0.717, 1.165) is 13.0 Å². The first-order chi connectivity index (χ1) is 4.84. The van der Waals surface area contributed by atoms with Crippen molar-refractivity contribution in [1.29, 1.82) is 0 Å². The fraction of sp³-hybridized carbons (Fsp3) is 0.571. The smallest absolute Gasteiger partial charge is 0.294 e. The Balaban J connectivity index is 2.32. The van der Waals surface area contributed by atoms with Crippen molar-refractivity contribution in [2.75, 3.05) is 6.54 Å². The number of ether oxygens (including phenoxy) is 1. The Morgan fingerprint density at radius 2 is 2.60 bits per heavy atom. The molecule has 1 aliphatic rings. The Labute approximate surface area is 60.3 Å². The lowest BCUT2D eigenvalue weighted by Gasteiger charge is -2.21. The van der Waals surface area contributed by atoms with E-state index in [4.69, 9.17) is 4.74 Å². The second kappa shape index (κ2) is 3.25. The summed E-state index contributed by atoms with van der Waals surface area (Å²) < 4.78 is 4.72. The normalized spacial score (nSPS) is 19.1. The number of carbonyl (C=O) groups excluding carboxylic acids is 1. The zero-order valence-electron chi connectivity index (χ0n) is 5.99. The lowest BCUT2D eigenvalue weighted by molar-refractivity contribution is -0.139. The molecule has 1 unspecified atom stereocenters. The molecular formula is C7H11NO2. The Morgan fingerprint density at radius 3 is 3.10 bits per heavy atom. The molecule has 0 N–H and O–H groups in total. The lowest BCUT2D eigenvalue weighted by Crippen LogP contribution is -2.28. The highest BCUT2D eigenvalue weighted by molar-refractivity contribution is 5.37. The predicted molar refractivity (Wildman–Crippen MR) is 37.1 cm³/mol. The SMILES string of the molecule is CC(OC=O)N1C=CCC1. The molecule has 1 aliphatic heterocycles. The summed E-state index contributed by atoms with van der Waals surface area (Å²) in [5, 5.41) is 0. The summed E-state index contributed by atoms with van der Waals surface area (Å²) in [4.78, 5) is 11.9. The van der Waals surface area contributed by atoms with Crippen molar-refractivity contribution < 1.29 is 9.53 Å². The van der Waals surface area contributed by atoms with E-state index in [2.05, 4.69) is 6.08 Å². The molecule has 3 nitrogen and oxygen atoms in total. The van der Waals surface area contributed by atoms with Gasteiger partial charge in [0.2, 0.25) is 0 Å². The maximum atomic E-state index is 9.90. The summed E-state index contributed by atoms with van der Waals surface area (Å²) in [7, 11) is 0. The van der Waals surface area contributed by atoms with Crippen molar-refractivity contribution >= 4 is 6.47 Å². The second-order valence-electron chi connectivity index (χ2n) is 2.24. The third kappa shape index (κ3) is 1.50. The van der Waals surface area contributed by atoms with E-state index in [0.29, 0.717) is 6.47 Å². The van der Waals surface area contributed by atoms with E-state index in [1.165, 1.54) is 0 Å². The predicted octanol–water partition coefficient (Wildman–Crippen LogP) is 0.725. The van der Waals surface area contributed by atoms with Gasteiger partial charge in [-0.3, -0.25) is 4.79 Å². The van der Waals surface area contributed by atoms with Gasteiger partial charge in [0, 0.05) is 6.54 Å². The quantitative estimate of drug-likeness (QED) is 0.542. The Bertz CT molecular complexity index is 145. The van der Waals surface area contributed by atoms with Crippen molar-refractivity contribution in [2.45, 2.75) is 19.6 Å². The maximum Gasteiger partial charge on any atom is 0.294 e. The third-order valence-electron chi connectivity index (χ3n) is 1.57. The zero-order valence-corrected chi connectivity index (χ0v) is 5.99. The molecule has 0 bridgehead atoms. The van der Waals surface area contributed by atoms with Gasteiger partial charge in [-0.25, -0.2) is 0 Å². The van der Waals surface area contributed by atoms with Crippen molar-refractivity contribution in [1.82, 2.24) is 4.90 Å². The van der Waals surface area contributed by atoms with Gasteiger partial charge in [0.15, 0.2) is 6.23 Å². The molecule has 0 aromatic carbocycles. The number of rotatable bonds is 3. The van der Waals surface area contributed by atoms with Gasteiger partial charge < -0.3 is 9.64 Å². The Hall–Kier alpha value is -0.990. The lowest BCUT2D eigenvalue weighted by atomic mass is 10.5. The maximum absolute atomic E-state index is 9.90. The molecule has 0 saturated carbocycles. The van der Waals surface area contributed by atoms with Gasteiger partial charge in [-0.05, 0) is 19.5 Å². The van der Waals surface area contributed by atoms with Crippen LogP contribution in [-0.2, 0) is 9.53 Å². The van der Waals surface area contributed by atoms with Gasteiger partial charge >= 0.3 is 0 Å². The average Bonchev–Trinajstić information content (AvgIpc) is 2.38. The number of hydrogen-bond donors (Lipinski definition) is 0. The highest BCUT2D eigenvalue weighted by Crippen LogP contribution is 2.08.